The van der Waals surface area contributed by atoms with Crippen LogP contribution < -0.4 is 0 Å². The van der Waals surface area contributed by atoms with Gasteiger partial charge in [-0.1, -0.05) is 0 Å². The van der Waals surface area contributed by atoms with Gasteiger partial charge >= 0.3 is 0 Å². The number of aromatic nitrogens is 2. The minimum absolute atomic E-state index is 0.141. The molecule has 0 bridgehead atoms. The van der Waals surface area contributed by atoms with Crippen molar-refractivity contribution < 1.29 is 9.53 Å². The zero-order chi connectivity index (χ0) is 13.9. The number of carbonyl (C=O) groups is 1. The highest BCUT2D eigenvalue weighted by atomic mass is 32.2. The van der Waals surface area contributed by atoms with Crippen molar-refractivity contribution in [2.45, 2.75) is 18.8 Å². The first kappa shape index (κ1) is 13.9. The van der Waals surface area contributed by atoms with E-state index >= 15 is 0 Å². The predicted octanol–water partition coefficient (Wildman–Crippen LogP) is 1.50. The Labute approximate surface area is 123 Å². The van der Waals surface area contributed by atoms with Gasteiger partial charge < -0.3 is 9.64 Å². The molecule has 3 heterocycles. The lowest BCUT2D eigenvalue weighted by Gasteiger charge is -2.20. The quantitative estimate of drug-likeness (QED) is 0.829. The van der Waals surface area contributed by atoms with Crippen LogP contribution in [-0.4, -0.2) is 58.4 Å². The Morgan fingerprint density at radius 1 is 1.45 bits per heavy atom. The SMILES string of the molecule is Cn1cc(C(=O)N2CCCSCC2)c([C@H]2CCOC2)n1. The number of hydrogen-bond donors (Lipinski definition) is 0. The summed E-state index contributed by atoms with van der Waals surface area (Å²) in [7, 11) is 1.88. The van der Waals surface area contributed by atoms with Gasteiger partial charge in [-0.2, -0.15) is 16.9 Å². The molecule has 5 nitrogen and oxygen atoms in total. The number of nitrogens with zero attached hydrogens (tertiary/aromatic N) is 3. The van der Waals surface area contributed by atoms with E-state index in [1.807, 2.05) is 29.9 Å². The Kier molecular flexibility index (Phi) is 4.31. The number of carbonyl (C=O) groups excluding carboxylic acids is 1. The molecule has 6 heteroatoms. The summed E-state index contributed by atoms with van der Waals surface area (Å²) in [6.45, 7) is 3.17. The zero-order valence-corrected chi connectivity index (χ0v) is 12.7. The first-order chi connectivity index (χ1) is 9.75. The topological polar surface area (TPSA) is 47.4 Å². The maximum atomic E-state index is 12.8. The summed E-state index contributed by atoms with van der Waals surface area (Å²) in [5.41, 5.74) is 1.70. The van der Waals surface area contributed by atoms with Gasteiger partial charge in [0.25, 0.3) is 5.91 Å². The maximum Gasteiger partial charge on any atom is 0.257 e. The van der Waals surface area contributed by atoms with Gasteiger partial charge in [-0.15, -0.1) is 0 Å². The number of rotatable bonds is 2. The van der Waals surface area contributed by atoms with E-state index in [0.717, 1.165) is 55.3 Å². The standard InChI is InChI=1S/C14H21N3O2S/c1-16-9-12(13(15-16)11-3-6-19-10-11)14(18)17-4-2-7-20-8-5-17/h9,11H,2-8,10H2,1H3/t11-/m0/s1. The Morgan fingerprint density at radius 2 is 2.35 bits per heavy atom. The van der Waals surface area contributed by atoms with E-state index in [0.29, 0.717) is 6.61 Å². The molecule has 1 amide bonds. The van der Waals surface area contributed by atoms with Gasteiger partial charge in [0.15, 0.2) is 0 Å². The summed E-state index contributed by atoms with van der Waals surface area (Å²) in [4.78, 5) is 14.7. The molecule has 1 aromatic heterocycles. The number of ether oxygens (including phenoxy) is 1. The van der Waals surface area contributed by atoms with E-state index in [-0.39, 0.29) is 11.8 Å². The third-order valence-corrected chi connectivity index (χ3v) is 4.96. The summed E-state index contributed by atoms with van der Waals surface area (Å²) in [5, 5.41) is 4.52. The van der Waals surface area contributed by atoms with Crippen LogP contribution in [-0.2, 0) is 11.8 Å². The van der Waals surface area contributed by atoms with Crippen LogP contribution in [0, 0.1) is 0 Å². The largest absolute Gasteiger partial charge is 0.381 e. The summed E-state index contributed by atoms with van der Waals surface area (Å²) in [6.07, 6.45) is 3.92. The highest BCUT2D eigenvalue weighted by Gasteiger charge is 2.29. The highest BCUT2D eigenvalue weighted by molar-refractivity contribution is 7.99. The predicted molar refractivity (Wildman–Crippen MR) is 79.2 cm³/mol. The van der Waals surface area contributed by atoms with Crippen molar-refractivity contribution in [2.24, 2.45) is 7.05 Å². The molecule has 2 aliphatic rings. The van der Waals surface area contributed by atoms with E-state index in [9.17, 15) is 4.79 Å². The van der Waals surface area contributed by atoms with Crippen LogP contribution in [0.15, 0.2) is 6.20 Å². The Balaban J connectivity index is 1.82. The van der Waals surface area contributed by atoms with Crippen molar-refractivity contribution in [1.29, 1.82) is 0 Å². The fourth-order valence-electron chi connectivity index (χ4n) is 2.84. The van der Waals surface area contributed by atoms with E-state index in [1.165, 1.54) is 0 Å². The van der Waals surface area contributed by atoms with Gasteiger partial charge in [-0.3, -0.25) is 9.48 Å². The summed E-state index contributed by atoms with van der Waals surface area (Å²) >= 11 is 1.93. The summed E-state index contributed by atoms with van der Waals surface area (Å²) in [6, 6.07) is 0. The molecule has 0 radical (unpaired) electrons. The molecule has 3 rings (SSSR count). The Morgan fingerprint density at radius 3 is 3.15 bits per heavy atom. The number of aryl methyl sites for hydroxylation is 1. The van der Waals surface area contributed by atoms with Crippen LogP contribution in [0.3, 0.4) is 0 Å². The van der Waals surface area contributed by atoms with Crippen molar-refractivity contribution in [3.63, 3.8) is 0 Å². The molecule has 0 spiro atoms. The van der Waals surface area contributed by atoms with Crippen molar-refractivity contribution >= 4 is 17.7 Å². The highest BCUT2D eigenvalue weighted by Crippen LogP contribution is 2.27. The van der Waals surface area contributed by atoms with E-state index in [1.54, 1.807) is 4.68 Å². The van der Waals surface area contributed by atoms with Crippen LogP contribution in [0.4, 0.5) is 0 Å². The van der Waals surface area contributed by atoms with Gasteiger partial charge in [0.05, 0.1) is 17.9 Å². The van der Waals surface area contributed by atoms with E-state index < -0.39 is 0 Å². The molecule has 0 aliphatic carbocycles. The van der Waals surface area contributed by atoms with E-state index in [4.69, 9.17) is 4.74 Å². The van der Waals surface area contributed by atoms with Crippen LogP contribution in [0.2, 0.25) is 0 Å². The minimum Gasteiger partial charge on any atom is -0.381 e. The maximum absolute atomic E-state index is 12.8. The lowest BCUT2D eigenvalue weighted by Crippen LogP contribution is -2.33. The van der Waals surface area contributed by atoms with Crippen molar-refractivity contribution in [2.75, 3.05) is 37.8 Å². The molecule has 0 N–H and O–H groups in total. The van der Waals surface area contributed by atoms with Crippen LogP contribution in [0.1, 0.15) is 34.8 Å². The summed E-state index contributed by atoms with van der Waals surface area (Å²) in [5.74, 6) is 2.60. The third kappa shape index (κ3) is 2.86. The fraction of sp³-hybridized carbons (Fsp3) is 0.714. The number of hydrogen-bond acceptors (Lipinski definition) is 4. The number of amides is 1. The second kappa shape index (κ2) is 6.18. The molecule has 2 aliphatic heterocycles. The molecular formula is C14H21N3O2S. The molecule has 0 unspecified atom stereocenters. The number of thioether (sulfide) groups is 1. The first-order valence-corrected chi connectivity index (χ1v) is 8.39. The summed E-state index contributed by atoms with van der Waals surface area (Å²) < 4.78 is 7.20. The Bertz CT molecular complexity index is 475. The molecule has 2 saturated heterocycles. The lowest BCUT2D eigenvalue weighted by molar-refractivity contribution is 0.0766. The lowest BCUT2D eigenvalue weighted by atomic mass is 10.0. The third-order valence-electron chi connectivity index (χ3n) is 3.91. The normalized spacial score (nSPS) is 23.9. The molecule has 110 valence electrons. The second-order valence-corrected chi connectivity index (χ2v) is 6.65. The van der Waals surface area contributed by atoms with Crippen LogP contribution in [0.5, 0.6) is 0 Å². The first-order valence-electron chi connectivity index (χ1n) is 7.24. The zero-order valence-electron chi connectivity index (χ0n) is 11.9. The molecule has 0 saturated carbocycles. The fourth-order valence-corrected chi connectivity index (χ4v) is 3.73. The monoisotopic (exact) mass is 295 g/mol. The van der Waals surface area contributed by atoms with Crippen molar-refractivity contribution in [3.8, 4) is 0 Å². The van der Waals surface area contributed by atoms with Crippen molar-refractivity contribution in [1.82, 2.24) is 14.7 Å². The molecule has 2 fully saturated rings. The molecule has 20 heavy (non-hydrogen) atoms. The molecule has 1 aromatic rings. The Hall–Kier alpha value is -1.01. The van der Waals surface area contributed by atoms with Gasteiger partial charge in [0.1, 0.15) is 0 Å². The average Bonchev–Trinajstić information content (AvgIpc) is 3.01. The average molecular weight is 295 g/mol. The van der Waals surface area contributed by atoms with Gasteiger partial charge in [-0.25, -0.2) is 0 Å². The minimum atomic E-state index is 0.141. The molecular weight excluding hydrogens is 274 g/mol. The van der Waals surface area contributed by atoms with Crippen LogP contribution in [0.25, 0.3) is 0 Å². The van der Waals surface area contributed by atoms with Gasteiger partial charge in [0.2, 0.25) is 0 Å². The second-order valence-electron chi connectivity index (χ2n) is 5.42. The smallest absolute Gasteiger partial charge is 0.257 e. The van der Waals surface area contributed by atoms with E-state index in [2.05, 4.69) is 5.10 Å². The van der Waals surface area contributed by atoms with Crippen LogP contribution >= 0.6 is 11.8 Å². The molecule has 0 aromatic carbocycles. The molecule has 1 atom stereocenters. The van der Waals surface area contributed by atoms with Gasteiger partial charge in [0, 0.05) is 44.6 Å². The van der Waals surface area contributed by atoms with Crippen molar-refractivity contribution in [3.05, 3.63) is 17.5 Å². The van der Waals surface area contributed by atoms with Gasteiger partial charge in [-0.05, 0) is 18.6 Å².